The van der Waals surface area contributed by atoms with Crippen LogP contribution >= 0.6 is 0 Å². The topological polar surface area (TPSA) is 64.8 Å². The molecule has 1 amide bonds. The van der Waals surface area contributed by atoms with E-state index in [-0.39, 0.29) is 23.9 Å². The monoisotopic (exact) mass is 350 g/mol. The van der Waals surface area contributed by atoms with Crippen LogP contribution in [-0.2, 0) is 4.74 Å². The summed E-state index contributed by atoms with van der Waals surface area (Å²) in [7, 11) is 0. The van der Waals surface area contributed by atoms with Crippen LogP contribution in [0, 0.1) is 5.82 Å². The molecule has 1 aliphatic carbocycles. The zero-order chi connectivity index (χ0) is 18.2. The van der Waals surface area contributed by atoms with Crippen LogP contribution < -0.4 is 10.5 Å². The SMILES string of the molecule is CC(C)(C)OC(=O)N1CCC(c2cc(OC3CC3)c(N)cc2F)CC1. The van der Waals surface area contributed by atoms with Crippen LogP contribution in [0.3, 0.4) is 0 Å². The maximum Gasteiger partial charge on any atom is 0.410 e. The van der Waals surface area contributed by atoms with Crippen LogP contribution in [-0.4, -0.2) is 35.8 Å². The number of nitrogens with zero attached hydrogens (tertiary/aromatic N) is 1. The summed E-state index contributed by atoms with van der Waals surface area (Å²) in [4.78, 5) is 13.8. The van der Waals surface area contributed by atoms with Crippen molar-refractivity contribution >= 4 is 11.8 Å². The summed E-state index contributed by atoms with van der Waals surface area (Å²) in [6.07, 6.45) is 3.36. The van der Waals surface area contributed by atoms with Crippen molar-refractivity contribution in [2.24, 2.45) is 0 Å². The Kier molecular flexibility index (Phi) is 4.80. The van der Waals surface area contributed by atoms with Crippen molar-refractivity contribution in [2.45, 2.75) is 64.1 Å². The number of likely N-dealkylation sites (tertiary alicyclic amines) is 1. The van der Waals surface area contributed by atoms with Gasteiger partial charge in [0.15, 0.2) is 0 Å². The molecule has 138 valence electrons. The van der Waals surface area contributed by atoms with Crippen LogP contribution in [0.5, 0.6) is 5.75 Å². The predicted octanol–water partition coefficient (Wildman–Crippen LogP) is 4.06. The number of nitrogen functional groups attached to an aromatic ring is 1. The number of benzene rings is 1. The van der Waals surface area contributed by atoms with Gasteiger partial charge in [-0.25, -0.2) is 9.18 Å². The smallest absolute Gasteiger partial charge is 0.410 e. The summed E-state index contributed by atoms with van der Waals surface area (Å²) >= 11 is 0. The van der Waals surface area contributed by atoms with Crippen LogP contribution in [0.25, 0.3) is 0 Å². The average Bonchev–Trinajstić information content (AvgIpc) is 3.32. The van der Waals surface area contributed by atoms with Crippen LogP contribution in [0.2, 0.25) is 0 Å². The first-order chi connectivity index (χ1) is 11.7. The number of nitrogens with two attached hydrogens (primary N) is 1. The highest BCUT2D eigenvalue weighted by atomic mass is 19.1. The van der Waals surface area contributed by atoms with Crippen molar-refractivity contribution in [1.29, 1.82) is 0 Å². The predicted molar refractivity (Wildman–Crippen MR) is 94.2 cm³/mol. The molecule has 0 aromatic heterocycles. The Balaban J connectivity index is 1.65. The van der Waals surface area contributed by atoms with Gasteiger partial charge in [0.2, 0.25) is 0 Å². The summed E-state index contributed by atoms with van der Waals surface area (Å²) < 4.78 is 25.6. The van der Waals surface area contributed by atoms with Crippen molar-refractivity contribution in [3.8, 4) is 5.75 Å². The molecule has 1 heterocycles. The largest absolute Gasteiger partial charge is 0.488 e. The van der Waals surface area contributed by atoms with Gasteiger partial charge in [-0.15, -0.1) is 0 Å². The number of hydrogen-bond donors (Lipinski definition) is 1. The number of rotatable bonds is 3. The maximum atomic E-state index is 14.4. The van der Waals surface area contributed by atoms with Crippen LogP contribution in [0.1, 0.15) is 57.9 Å². The van der Waals surface area contributed by atoms with Crippen molar-refractivity contribution in [1.82, 2.24) is 4.90 Å². The van der Waals surface area contributed by atoms with Crippen LogP contribution in [0.4, 0.5) is 14.9 Å². The average molecular weight is 350 g/mol. The quantitative estimate of drug-likeness (QED) is 0.835. The Bertz CT molecular complexity index is 645. The fraction of sp³-hybridized carbons (Fsp3) is 0.632. The molecule has 0 atom stereocenters. The molecule has 0 unspecified atom stereocenters. The summed E-state index contributed by atoms with van der Waals surface area (Å²) in [5.74, 6) is 0.339. The van der Waals surface area contributed by atoms with E-state index in [1.807, 2.05) is 20.8 Å². The summed E-state index contributed by atoms with van der Waals surface area (Å²) in [5.41, 5.74) is 6.35. The summed E-state index contributed by atoms with van der Waals surface area (Å²) in [5, 5.41) is 0. The third kappa shape index (κ3) is 4.55. The van der Waals surface area contributed by atoms with E-state index in [0.29, 0.717) is 42.9 Å². The molecule has 6 heteroatoms. The second-order valence-electron chi connectivity index (χ2n) is 7.97. The number of ether oxygens (including phenoxy) is 2. The molecule has 1 aliphatic heterocycles. The molecule has 2 N–H and O–H groups in total. The lowest BCUT2D eigenvalue weighted by molar-refractivity contribution is 0.0204. The number of carbonyl (C=O) groups excluding carboxylic acids is 1. The Morgan fingerprint density at radius 3 is 2.40 bits per heavy atom. The van der Waals surface area contributed by atoms with Gasteiger partial charge < -0.3 is 20.1 Å². The van der Waals surface area contributed by atoms with E-state index in [1.54, 1.807) is 11.0 Å². The van der Waals surface area contributed by atoms with Crippen molar-refractivity contribution in [3.63, 3.8) is 0 Å². The lowest BCUT2D eigenvalue weighted by Crippen LogP contribution is -2.41. The molecule has 2 fully saturated rings. The van der Waals surface area contributed by atoms with Gasteiger partial charge in [0.05, 0.1) is 11.8 Å². The third-order valence-corrected chi connectivity index (χ3v) is 4.53. The normalized spacial score (nSPS) is 19.0. The van der Waals surface area contributed by atoms with Crippen molar-refractivity contribution in [2.75, 3.05) is 18.8 Å². The van der Waals surface area contributed by atoms with E-state index < -0.39 is 5.60 Å². The molecule has 1 aromatic carbocycles. The second kappa shape index (κ2) is 6.73. The van der Waals surface area contributed by atoms with E-state index in [0.717, 1.165) is 12.8 Å². The molecular weight excluding hydrogens is 323 g/mol. The van der Waals surface area contributed by atoms with Crippen LogP contribution in [0.15, 0.2) is 12.1 Å². The minimum atomic E-state index is -0.508. The zero-order valence-electron chi connectivity index (χ0n) is 15.2. The van der Waals surface area contributed by atoms with Gasteiger partial charge >= 0.3 is 6.09 Å². The highest BCUT2D eigenvalue weighted by molar-refractivity contribution is 5.68. The van der Waals surface area contributed by atoms with Gasteiger partial charge in [-0.3, -0.25) is 0 Å². The fourth-order valence-electron chi connectivity index (χ4n) is 3.06. The number of halogens is 1. The number of carbonyl (C=O) groups is 1. The van der Waals surface area contributed by atoms with Gasteiger partial charge in [0.1, 0.15) is 17.2 Å². The number of amides is 1. The Morgan fingerprint density at radius 2 is 1.84 bits per heavy atom. The summed E-state index contributed by atoms with van der Waals surface area (Å²) in [6.45, 7) is 6.67. The molecule has 0 bridgehead atoms. The molecule has 0 spiro atoms. The van der Waals surface area contributed by atoms with Gasteiger partial charge in [0.25, 0.3) is 0 Å². The minimum absolute atomic E-state index is 0.0563. The molecule has 1 aromatic rings. The van der Waals surface area contributed by atoms with E-state index >= 15 is 0 Å². The van der Waals surface area contributed by atoms with Gasteiger partial charge in [-0.1, -0.05) is 0 Å². The lowest BCUT2D eigenvalue weighted by atomic mass is 9.89. The Hall–Kier alpha value is -1.98. The number of anilines is 1. The first-order valence-corrected chi connectivity index (χ1v) is 8.96. The van der Waals surface area contributed by atoms with Gasteiger partial charge in [-0.2, -0.15) is 0 Å². The number of piperidine rings is 1. The molecule has 1 saturated heterocycles. The highest BCUT2D eigenvalue weighted by Gasteiger charge is 2.30. The molecule has 0 radical (unpaired) electrons. The van der Waals surface area contributed by atoms with Gasteiger partial charge in [-0.05, 0) is 64.0 Å². The Labute approximate surface area is 148 Å². The molecule has 2 aliphatic rings. The lowest BCUT2D eigenvalue weighted by Gasteiger charge is -2.33. The summed E-state index contributed by atoms with van der Waals surface area (Å²) in [6, 6.07) is 3.10. The second-order valence-corrected chi connectivity index (χ2v) is 7.97. The van der Waals surface area contributed by atoms with E-state index in [2.05, 4.69) is 0 Å². The Morgan fingerprint density at radius 1 is 1.20 bits per heavy atom. The molecule has 5 nitrogen and oxygen atoms in total. The van der Waals surface area contributed by atoms with E-state index in [4.69, 9.17) is 15.2 Å². The van der Waals surface area contributed by atoms with Gasteiger partial charge in [0, 0.05) is 19.2 Å². The highest BCUT2D eigenvalue weighted by Crippen LogP contribution is 2.37. The minimum Gasteiger partial charge on any atom is -0.488 e. The van der Waals surface area contributed by atoms with Crippen molar-refractivity contribution in [3.05, 3.63) is 23.5 Å². The zero-order valence-corrected chi connectivity index (χ0v) is 15.2. The van der Waals surface area contributed by atoms with E-state index in [9.17, 15) is 9.18 Å². The fourth-order valence-corrected chi connectivity index (χ4v) is 3.06. The first-order valence-electron chi connectivity index (χ1n) is 8.96. The maximum absolute atomic E-state index is 14.4. The van der Waals surface area contributed by atoms with E-state index in [1.165, 1.54) is 6.07 Å². The molecule has 1 saturated carbocycles. The van der Waals surface area contributed by atoms with Crippen molar-refractivity contribution < 1.29 is 18.7 Å². The third-order valence-electron chi connectivity index (χ3n) is 4.53. The first kappa shape index (κ1) is 17.8. The molecule has 3 rings (SSSR count). The molecule has 25 heavy (non-hydrogen) atoms. The molecular formula is C19H27FN2O3. The standard InChI is InChI=1S/C19H27FN2O3/c1-19(2,3)25-18(23)22-8-6-12(7-9-22)14-10-17(24-13-4-5-13)16(21)11-15(14)20/h10-13H,4-9,21H2,1-3H3. The number of hydrogen-bond acceptors (Lipinski definition) is 4.